The number of hydrogen-bond donors (Lipinski definition) is 1. The van der Waals surface area contributed by atoms with Crippen LogP contribution in [0.15, 0.2) is 59.7 Å². The minimum atomic E-state index is -0.173. The summed E-state index contributed by atoms with van der Waals surface area (Å²) in [6.07, 6.45) is 3.40. The predicted octanol–water partition coefficient (Wildman–Crippen LogP) is 2.95. The van der Waals surface area contributed by atoms with Crippen LogP contribution in [-0.2, 0) is 6.54 Å². The summed E-state index contributed by atoms with van der Waals surface area (Å²) in [6, 6.07) is 13.3. The first-order chi connectivity index (χ1) is 11.7. The average Bonchev–Trinajstić information content (AvgIpc) is 2.62. The first-order valence-corrected chi connectivity index (χ1v) is 7.95. The summed E-state index contributed by atoms with van der Waals surface area (Å²) in [5, 5.41) is 0. The molecule has 0 saturated heterocycles. The largest absolute Gasteiger partial charge is 0.306 e. The van der Waals surface area contributed by atoms with Gasteiger partial charge in [0.15, 0.2) is 0 Å². The van der Waals surface area contributed by atoms with E-state index in [-0.39, 0.29) is 5.56 Å². The van der Waals surface area contributed by atoms with Crippen LogP contribution in [0.2, 0.25) is 0 Å². The van der Waals surface area contributed by atoms with Crippen LogP contribution in [-0.4, -0.2) is 33.4 Å². The second-order valence-electron chi connectivity index (χ2n) is 5.75. The van der Waals surface area contributed by atoms with Crippen molar-refractivity contribution >= 4 is 0 Å². The van der Waals surface area contributed by atoms with E-state index in [9.17, 15) is 4.79 Å². The first-order valence-electron chi connectivity index (χ1n) is 7.95. The van der Waals surface area contributed by atoms with Crippen LogP contribution in [0.4, 0.5) is 0 Å². The maximum absolute atomic E-state index is 12.0. The molecule has 3 rings (SSSR count). The molecule has 1 N–H and O–H groups in total. The van der Waals surface area contributed by atoms with Gasteiger partial charge in [0, 0.05) is 36.1 Å². The molecule has 1 aromatic carbocycles. The molecule has 0 aliphatic carbocycles. The van der Waals surface area contributed by atoms with Gasteiger partial charge in [0.05, 0.1) is 5.69 Å². The second kappa shape index (κ2) is 7.19. The monoisotopic (exact) mass is 320 g/mol. The van der Waals surface area contributed by atoms with Crippen molar-refractivity contribution in [2.45, 2.75) is 13.5 Å². The van der Waals surface area contributed by atoms with Crippen molar-refractivity contribution in [2.24, 2.45) is 0 Å². The molecule has 0 atom stereocenters. The standard InChI is InChI=1S/C19H20N4O/c1-3-23(2)13-14-6-8-15(9-7-14)19-21-17(11-18(24)22-19)16-5-4-10-20-12-16/h4-12H,3,13H2,1-2H3,(H,21,22,24). The predicted molar refractivity (Wildman–Crippen MR) is 95.5 cm³/mol. The third-order valence-electron chi connectivity index (χ3n) is 3.92. The number of benzene rings is 1. The summed E-state index contributed by atoms with van der Waals surface area (Å²) in [5.41, 5.74) is 3.39. The third kappa shape index (κ3) is 3.75. The van der Waals surface area contributed by atoms with Crippen LogP contribution in [0, 0.1) is 0 Å². The molecule has 3 aromatic rings. The molecule has 0 unspecified atom stereocenters. The lowest BCUT2D eigenvalue weighted by Gasteiger charge is -2.13. The zero-order chi connectivity index (χ0) is 16.9. The Bertz CT molecular complexity index is 857. The highest BCUT2D eigenvalue weighted by Gasteiger charge is 2.07. The SMILES string of the molecule is CCN(C)Cc1ccc(-c2nc(-c3cccnc3)cc(=O)[nH]2)cc1. The van der Waals surface area contributed by atoms with E-state index >= 15 is 0 Å². The minimum absolute atomic E-state index is 0.173. The maximum Gasteiger partial charge on any atom is 0.251 e. The van der Waals surface area contributed by atoms with Crippen molar-refractivity contribution in [2.75, 3.05) is 13.6 Å². The fourth-order valence-electron chi connectivity index (χ4n) is 2.45. The van der Waals surface area contributed by atoms with Crippen molar-refractivity contribution in [1.29, 1.82) is 0 Å². The van der Waals surface area contributed by atoms with Crippen molar-refractivity contribution < 1.29 is 0 Å². The molecule has 0 bridgehead atoms. The number of aromatic amines is 1. The Kier molecular flexibility index (Phi) is 4.82. The van der Waals surface area contributed by atoms with Gasteiger partial charge in [-0.3, -0.25) is 9.78 Å². The summed E-state index contributed by atoms with van der Waals surface area (Å²) < 4.78 is 0. The van der Waals surface area contributed by atoms with Crippen LogP contribution in [0.25, 0.3) is 22.6 Å². The van der Waals surface area contributed by atoms with Gasteiger partial charge in [0.1, 0.15) is 5.82 Å². The minimum Gasteiger partial charge on any atom is -0.306 e. The molecule has 0 amide bonds. The van der Waals surface area contributed by atoms with E-state index in [2.05, 4.69) is 46.0 Å². The number of hydrogen-bond acceptors (Lipinski definition) is 4. The molecule has 2 aromatic heterocycles. The molecule has 0 spiro atoms. The Morgan fingerprint density at radius 3 is 2.58 bits per heavy atom. The quantitative estimate of drug-likeness (QED) is 0.785. The Morgan fingerprint density at radius 2 is 1.92 bits per heavy atom. The summed E-state index contributed by atoms with van der Waals surface area (Å²) in [6.45, 7) is 4.03. The van der Waals surface area contributed by atoms with Gasteiger partial charge in [0.2, 0.25) is 0 Å². The number of rotatable bonds is 5. The van der Waals surface area contributed by atoms with Crippen molar-refractivity contribution in [3.05, 3.63) is 70.8 Å². The van der Waals surface area contributed by atoms with Crippen LogP contribution in [0.1, 0.15) is 12.5 Å². The molecular formula is C19H20N4O. The Morgan fingerprint density at radius 1 is 1.12 bits per heavy atom. The lowest BCUT2D eigenvalue weighted by atomic mass is 10.1. The highest BCUT2D eigenvalue weighted by molar-refractivity contribution is 5.62. The van der Waals surface area contributed by atoms with E-state index in [0.717, 1.165) is 24.2 Å². The maximum atomic E-state index is 12.0. The topological polar surface area (TPSA) is 61.9 Å². The third-order valence-corrected chi connectivity index (χ3v) is 3.92. The van der Waals surface area contributed by atoms with Gasteiger partial charge < -0.3 is 9.88 Å². The smallest absolute Gasteiger partial charge is 0.251 e. The number of pyridine rings is 1. The van der Waals surface area contributed by atoms with E-state index < -0.39 is 0 Å². The van der Waals surface area contributed by atoms with Gasteiger partial charge in [-0.2, -0.15) is 0 Å². The molecule has 0 fully saturated rings. The molecule has 0 aliphatic rings. The van der Waals surface area contributed by atoms with Gasteiger partial charge in [-0.05, 0) is 31.3 Å². The molecular weight excluding hydrogens is 300 g/mol. The number of nitrogens with one attached hydrogen (secondary N) is 1. The Hall–Kier alpha value is -2.79. The summed E-state index contributed by atoms with van der Waals surface area (Å²) in [5.74, 6) is 0.566. The molecule has 0 saturated carbocycles. The zero-order valence-corrected chi connectivity index (χ0v) is 13.9. The summed E-state index contributed by atoms with van der Waals surface area (Å²) >= 11 is 0. The second-order valence-corrected chi connectivity index (χ2v) is 5.75. The lowest BCUT2D eigenvalue weighted by molar-refractivity contribution is 0.346. The van der Waals surface area contributed by atoms with E-state index in [1.165, 1.54) is 11.6 Å². The van der Waals surface area contributed by atoms with Crippen LogP contribution >= 0.6 is 0 Å². The molecule has 24 heavy (non-hydrogen) atoms. The number of H-pyrrole nitrogens is 1. The normalized spacial score (nSPS) is 11.0. The van der Waals surface area contributed by atoms with Gasteiger partial charge in [-0.25, -0.2) is 4.98 Å². The number of nitrogens with zero attached hydrogens (tertiary/aromatic N) is 3. The van der Waals surface area contributed by atoms with E-state index in [1.807, 2.05) is 24.3 Å². The Balaban J connectivity index is 1.92. The van der Waals surface area contributed by atoms with Crippen LogP contribution in [0.5, 0.6) is 0 Å². The van der Waals surface area contributed by atoms with Crippen molar-refractivity contribution in [1.82, 2.24) is 19.9 Å². The lowest BCUT2D eigenvalue weighted by Crippen LogP contribution is -2.16. The molecule has 0 radical (unpaired) electrons. The Labute approximate surface area is 141 Å². The molecule has 122 valence electrons. The number of aromatic nitrogens is 3. The molecule has 0 aliphatic heterocycles. The highest BCUT2D eigenvalue weighted by Crippen LogP contribution is 2.19. The van der Waals surface area contributed by atoms with E-state index in [4.69, 9.17) is 0 Å². The van der Waals surface area contributed by atoms with Gasteiger partial charge in [-0.15, -0.1) is 0 Å². The molecule has 5 heteroatoms. The van der Waals surface area contributed by atoms with Crippen LogP contribution < -0.4 is 5.56 Å². The van der Waals surface area contributed by atoms with Gasteiger partial charge in [0.25, 0.3) is 5.56 Å². The molecule has 2 heterocycles. The zero-order valence-electron chi connectivity index (χ0n) is 13.9. The highest BCUT2D eigenvalue weighted by atomic mass is 16.1. The van der Waals surface area contributed by atoms with E-state index in [1.54, 1.807) is 12.4 Å². The molecule has 5 nitrogen and oxygen atoms in total. The van der Waals surface area contributed by atoms with Gasteiger partial charge >= 0.3 is 0 Å². The summed E-state index contributed by atoms with van der Waals surface area (Å²) in [4.78, 5) is 25.7. The van der Waals surface area contributed by atoms with Crippen molar-refractivity contribution in [3.8, 4) is 22.6 Å². The summed E-state index contributed by atoms with van der Waals surface area (Å²) in [7, 11) is 2.09. The first kappa shape index (κ1) is 16.1. The fraction of sp³-hybridized carbons (Fsp3) is 0.211. The van der Waals surface area contributed by atoms with E-state index in [0.29, 0.717) is 11.5 Å². The van der Waals surface area contributed by atoms with Crippen LogP contribution in [0.3, 0.4) is 0 Å². The van der Waals surface area contributed by atoms with Gasteiger partial charge in [-0.1, -0.05) is 31.2 Å². The van der Waals surface area contributed by atoms with Crippen molar-refractivity contribution in [3.63, 3.8) is 0 Å². The average molecular weight is 320 g/mol. The fourth-order valence-corrected chi connectivity index (χ4v) is 2.45.